The fraction of sp³-hybridized carbons (Fsp3) is 0.538. The number of thioether (sulfide) groups is 1. The number of aliphatic carboxylic acids is 1. The van der Waals surface area contributed by atoms with Crippen molar-refractivity contribution in [3.8, 4) is 0 Å². The van der Waals surface area contributed by atoms with E-state index in [1.165, 1.54) is 11.8 Å². The van der Waals surface area contributed by atoms with Crippen LogP contribution in [0, 0.1) is 5.92 Å². The second kappa shape index (κ2) is 12.4. The zero-order valence-corrected chi connectivity index (χ0v) is 22.2. The van der Waals surface area contributed by atoms with Crippen molar-refractivity contribution in [1.82, 2.24) is 25.5 Å². The lowest BCUT2D eigenvalue weighted by Crippen LogP contribution is -2.66. The van der Waals surface area contributed by atoms with E-state index in [-0.39, 0.29) is 18.4 Å². The molecule has 4 N–H and O–H groups in total. The minimum Gasteiger partial charge on any atom is -0.480 e. The van der Waals surface area contributed by atoms with Crippen molar-refractivity contribution in [1.29, 1.82) is 0 Å². The summed E-state index contributed by atoms with van der Waals surface area (Å²) < 4.78 is 0. The number of fused-ring (bicyclic) bond motifs is 1. The van der Waals surface area contributed by atoms with E-state index in [1.54, 1.807) is 24.3 Å². The summed E-state index contributed by atoms with van der Waals surface area (Å²) in [6, 6.07) is 6.27. The van der Waals surface area contributed by atoms with Gasteiger partial charge in [-0.3, -0.25) is 9.59 Å². The first-order valence-electron chi connectivity index (χ1n) is 12.3. The fourth-order valence-corrected chi connectivity index (χ4v) is 5.06. The summed E-state index contributed by atoms with van der Waals surface area (Å²) in [6.45, 7) is 6.55. The van der Waals surface area contributed by atoms with E-state index in [4.69, 9.17) is 0 Å². The Morgan fingerprint density at radius 3 is 2.58 bits per heavy atom. The highest BCUT2D eigenvalue weighted by atomic mass is 32.2. The molecule has 0 bridgehead atoms. The summed E-state index contributed by atoms with van der Waals surface area (Å²) in [5.74, 6) is -1.10. The molecule has 0 radical (unpaired) electrons. The van der Waals surface area contributed by atoms with Crippen LogP contribution in [0.2, 0.25) is 0 Å². The second-order valence-electron chi connectivity index (χ2n) is 9.79. The lowest BCUT2D eigenvalue weighted by Gasteiger charge is -2.46. The van der Waals surface area contributed by atoms with Crippen LogP contribution in [0.15, 0.2) is 36.8 Å². The van der Waals surface area contributed by atoms with E-state index in [0.29, 0.717) is 31.6 Å². The number of nitrogens with one attached hydrogen (secondary N) is 3. The number of carboxylic acids is 1. The van der Waals surface area contributed by atoms with Gasteiger partial charge in [-0.25, -0.2) is 9.78 Å². The second-order valence-corrected chi connectivity index (χ2v) is 10.8. The van der Waals surface area contributed by atoms with Gasteiger partial charge in [0, 0.05) is 37.8 Å². The van der Waals surface area contributed by atoms with Crippen LogP contribution in [0.25, 0.3) is 0 Å². The minimum absolute atomic E-state index is 0.0166. The number of aromatic amines is 1. The van der Waals surface area contributed by atoms with Crippen molar-refractivity contribution in [3.05, 3.63) is 53.6 Å². The third kappa shape index (κ3) is 6.47. The molecule has 3 rings (SSSR count). The number of carbonyl (C=O) groups excluding carboxylic acids is 2. The van der Waals surface area contributed by atoms with Gasteiger partial charge in [-0.1, -0.05) is 38.1 Å². The first-order valence-corrected chi connectivity index (χ1v) is 13.7. The first-order chi connectivity index (χ1) is 17.2. The number of rotatable bonds is 12. The minimum atomic E-state index is -1.23. The predicted octanol–water partition coefficient (Wildman–Crippen LogP) is 2.23. The molecule has 10 heteroatoms. The summed E-state index contributed by atoms with van der Waals surface area (Å²) >= 11 is 1.53. The average Bonchev–Trinajstić information content (AvgIpc) is 3.36. The van der Waals surface area contributed by atoms with Crippen molar-refractivity contribution in [2.75, 3.05) is 18.6 Å². The van der Waals surface area contributed by atoms with Gasteiger partial charge in [-0.15, -0.1) is 0 Å². The number of hydrogen-bond donors (Lipinski definition) is 4. The number of aromatic nitrogens is 2. The molecule has 36 heavy (non-hydrogen) atoms. The Hall–Kier alpha value is -2.85. The van der Waals surface area contributed by atoms with Gasteiger partial charge in [0.15, 0.2) is 0 Å². The smallest absolute Gasteiger partial charge is 0.326 e. The summed E-state index contributed by atoms with van der Waals surface area (Å²) in [6.07, 6.45) is 6.59. The van der Waals surface area contributed by atoms with E-state index in [0.717, 1.165) is 16.8 Å². The molecule has 2 heterocycles. The maximum Gasteiger partial charge on any atom is 0.326 e. The molecule has 3 atom stereocenters. The maximum absolute atomic E-state index is 14.0. The molecule has 0 aliphatic carbocycles. The Kier molecular flexibility index (Phi) is 9.56. The quantitative estimate of drug-likeness (QED) is 0.341. The van der Waals surface area contributed by atoms with E-state index in [1.807, 2.05) is 44.4 Å². The lowest BCUT2D eigenvalue weighted by atomic mass is 9.82. The normalized spacial score (nSPS) is 19.0. The molecule has 0 saturated heterocycles. The number of H-pyrrole nitrogens is 1. The third-order valence-corrected chi connectivity index (χ3v) is 7.44. The molecule has 196 valence electrons. The van der Waals surface area contributed by atoms with Crippen LogP contribution in [-0.4, -0.2) is 73.9 Å². The molecular weight excluding hydrogens is 478 g/mol. The molecule has 1 aromatic carbocycles. The molecule has 0 spiro atoms. The summed E-state index contributed by atoms with van der Waals surface area (Å²) in [4.78, 5) is 48.2. The van der Waals surface area contributed by atoms with Gasteiger partial charge in [0.05, 0.1) is 12.4 Å². The summed E-state index contributed by atoms with van der Waals surface area (Å²) in [5, 5.41) is 15.8. The Balaban J connectivity index is 1.86. The Morgan fingerprint density at radius 2 is 1.97 bits per heavy atom. The van der Waals surface area contributed by atoms with E-state index < -0.39 is 29.5 Å². The zero-order chi connectivity index (χ0) is 26.3. The maximum atomic E-state index is 14.0. The van der Waals surface area contributed by atoms with Crippen LogP contribution >= 0.6 is 11.8 Å². The van der Waals surface area contributed by atoms with Crippen LogP contribution in [0.3, 0.4) is 0 Å². The van der Waals surface area contributed by atoms with Crippen molar-refractivity contribution in [2.24, 2.45) is 5.92 Å². The Bertz CT molecular complexity index is 1040. The molecular formula is C26H37N5O4S. The highest BCUT2D eigenvalue weighted by Gasteiger charge is 2.48. The molecule has 1 aliphatic rings. The number of benzene rings is 1. The van der Waals surface area contributed by atoms with E-state index in [2.05, 4.69) is 20.6 Å². The van der Waals surface area contributed by atoms with Gasteiger partial charge < -0.3 is 25.6 Å². The highest BCUT2D eigenvalue weighted by molar-refractivity contribution is 7.98. The average molecular weight is 516 g/mol. The first kappa shape index (κ1) is 27.7. The molecule has 1 aliphatic heterocycles. The Labute approximate surface area is 216 Å². The number of carbonyl (C=O) groups is 3. The molecule has 9 nitrogen and oxygen atoms in total. The van der Waals surface area contributed by atoms with Crippen LogP contribution < -0.4 is 10.6 Å². The summed E-state index contributed by atoms with van der Waals surface area (Å²) in [5.41, 5.74) is 1.73. The van der Waals surface area contributed by atoms with Gasteiger partial charge in [0.1, 0.15) is 11.6 Å². The number of hydrogen-bond acceptors (Lipinski definition) is 6. The number of imidazole rings is 1. The number of amides is 2. The molecule has 1 aromatic heterocycles. The van der Waals surface area contributed by atoms with Gasteiger partial charge in [-0.05, 0) is 42.4 Å². The molecule has 0 fully saturated rings. The Morgan fingerprint density at radius 1 is 1.25 bits per heavy atom. The zero-order valence-electron chi connectivity index (χ0n) is 21.4. The number of nitrogens with zero attached hydrogens (tertiary/aromatic N) is 2. The summed E-state index contributed by atoms with van der Waals surface area (Å²) in [7, 11) is 0. The van der Waals surface area contributed by atoms with Crippen molar-refractivity contribution in [3.63, 3.8) is 0 Å². The third-order valence-electron chi connectivity index (χ3n) is 6.79. The van der Waals surface area contributed by atoms with E-state index in [9.17, 15) is 19.5 Å². The van der Waals surface area contributed by atoms with Crippen molar-refractivity contribution in [2.45, 2.75) is 64.2 Å². The fourth-order valence-electron chi connectivity index (χ4n) is 4.59. The van der Waals surface area contributed by atoms with E-state index >= 15 is 0 Å². The van der Waals surface area contributed by atoms with Crippen molar-refractivity contribution >= 4 is 29.5 Å². The van der Waals surface area contributed by atoms with Gasteiger partial charge in [-0.2, -0.15) is 11.8 Å². The largest absolute Gasteiger partial charge is 0.480 e. The highest BCUT2D eigenvalue weighted by Crippen LogP contribution is 2.33. The lowest BCUT2D eigenvalue weighted by molar-refractivity contribution is -0.153. The standard InChI is InChI=1S/C26H37N5O4S/c1-17(2)22(28-11-9-20-14-27-16-29-20)23(32)31-15-19-8-6-5-7-18(19)13-26(31,3)25(35)30-21(24(33)34)10-12-36-4/h5-8,14,16-17,21-22,28H,9-13,15H2,1-4H3,(H,27,29)(H,30,35)(H,33,34)/t21-,22-,26+/m0/s1. The predicted molar refractivity (Wildman–Crippen MR) is 141 cm³/mol. The monoisotopic (exact) mass is 515 g/mol. The van der Waals surface area contributed by atoms with Crippen LogP contribution in [-0.2, 0) is 33.8 Å². The van der Waals surface area contributed by atoms with Crippen molar-refractivity contribution < 1.29 is 19.5 Å². The van der Waals surface area contributed by atoms with Crippen LogP contribution in [0.5, 0.6) is 0 Å². The molecule has 0 unspecified atom stereocenters. The molecule has 2 amide bonds. The van der Waals surface area contributed by atoms with Gasteiger partial charge >= 0.3 is 5.97 Å². The topological polar surface area (TPSA) is 127 Å². The van der Waals surface area contributed by atoms with Crippen LogP contribution in [0.4, 0.5) is 0 Å². The molecule has 2 aromatic rings. The van der Waals surface area contributed by atoms with Crippen LogP contribution in [0.1, 0.15) is 44.0 Å². The molecule has 0 saturated carbocycles. The van der Waals surface area contributed by atoms with Gasteiger partial charge in [0.2, 0.25) is 11.8 Å². The SMILES string of the molecule is CSCC[C@H](NC(=O)[C@@]1(C)Cc2ccccc2CN1C(=O)[C@@H](NCCc1cnc[nH]1)C(C)C)C(=O)O. The van der Waals surface area contributed by atoms with Gasteiger partial charge in [0.25, 0.3) is 0 Å². The number of carboxylic acid groups (broad SMARTS) is 1.